The molecule has 2 rings (SSSR count). The molecule has 23 heavy (non-hydrogen) atoms. The molecule has 1 aliphatic rings. The Morgan fingerprint density at radius 3 is 2.43 bits per heavy atom. The van der Waals surface area contributed by atoms with Crippen molar-refractivity contribution in [3.05, 3.63) is 12.4 Å². The van der Waals surface area contributed by atoms with E-state index in [9.17, 15) is 21.6 Å². The Morgan fingerprint density at radius 2 is 1.96 bits per heavy atom. The molecule has 2 N–H and O–H groups in total. The molecule has 0 spiro atoms. The fraction of sp³-hybridized carbons (Fsp3) is 0.750. The van der Waals surface area contributed by atoms with E-state index in [1.54, 1.807) is 0 Å². The van der Waals surface area contributed by atoms with Crippen molar-refractivity contribution in [3.8, 4) is 0 Å². The zero-order valence-electron chi connectivity index (χ0n) is 12.5. The lowest BCUT2D eigenvalue weighted by Crippen LogP contribution is -2.42. The number of nitrogens with zero attached hydrogens (tertiary/aromatic N) is 3. The van der Waals surface area contributed by atoms with Crippen LogP contribution >= 0.6 is 12.4 Å². The standard InChI is InChI=1S/C12H19F3N4O2S.ClH/c1-9(16)10-2-4-19(5-3-10)22(20,21)11-6-17-18(7-11)8-12(13,14)15;/h6-7,9-10H,2-5,8,16H2,1H3;1H. The highest BCUT2D eigenvalue weighted by Gasteiger charge is 2.33. The van der Waals surface area contributed by atoms with Crippen molar-refractivity contribution in [1.82, 2.24) is 14.1 Å². The molecule has 0 radical (unpaired) electrons. The number of alkyl halides is 3. The van der Waals surface area contributed by atoms with Crippen molar-refractivity contribution in [2.24, 2.45) is 11.7 Å². The third-order valence-corrected chi connectivity index (χ3v) is 5.68. The molecule has 2 heterocycles. The van der Waals surface area contributed by atoms with Crippen LogP contribution in [-0.2, 0) is 16.6 Å². The quantitative estimate of drug-likeness (QED) is 0.865. The van der Waals surface area contributed by atoms with E-state index in [-0.39, 0.29) is 29.3 Å². The van der Waals surface area contributed by atoms with E-state index in [1.165, 1.54) is 4.31 Å². The average Bonchev–Trinajstić information content (AvgIpc) is 2.85. The van der Waals surface area contributed by atoms with Crippen LogP contribution in [0.2, 0.25) is 0 Å². The highest BCUT2D eigenvalue weighted by molar-refractivity contribution is 7.89. The van der Waals surface area contributed by atoms with Gasteiger partial charge >= 0.3 is 6.18 Å². The van der Waals surface area contributed by atoms with Crippen LogP contribution in [0, 0.1) is 5.92 Å². The van der Waals surface area contributed by atoms with Gasteiger partial charge in [0.25, 0.3) is 0 Å². The molecule has 6 nitrogen and oxygen atoms in total. The van der Waals surface area contributed by atoms with Crippen LogP contribution in [0.25, 0.3) is 0 Å². The van der Waals surface area contributed by atoms with Gasteiger partial charge in [-0.05, 0) is 25.7 Å². The Bertz CT molecular complexity index is 610. The molecule has 1 atom stereocenters. The van der Waals surface area contributed by atoms with Crippen LogP contribution in [0.1, 0.15) is 19.8 Å². The average molecular weight is 377 g/mol. The third-order valence-electron chi connectivity index (χ3n) is 3.83. The maximum atomic E-state index is 12.4. The molecule has 1 aromatic heterocycles. The number of hydrogen-bond acceptors (Lipinski definition) is 4. The summed E-state index contributed by atoms with van der Waals surface area (Å²) in [6.07, 6.45) is -1.27. The van der Waals surface area contributed by atoms with Gasteiger partial charge in [0.15, 0.2) is 0 Å². The zero-order valence-corrected chi connectivity index (χ0v) is 14.2. The summed E-state index contributed by atoms with van der Waals surface area (Å²) in [5.74, 6) is 0.263. The second-order valence-electron chi connectivity index (χ2n) is 5.59. The minimum Gasteiger partial charge on any atom is -0.328 e. The first-order chi connectivity index (χ1) is 10.1. The molecular weight excluding hydrogens is 357 g/mol. The Labute approximate surface area is 139 Å². The van der Waals surface area contributed by atoms with Gasteiger partial charge in [-0.1, -0.05) is 0 Å². The summed E-state index contributed by atoms with van der Waals surface area (Å²) in [7, 11) is -3.80. The number of sulfonamides is 1. The zero-order chi connectivity index (χ0) is 16.5. The van der Waals surface area contributed by atoms with Gasteiger partial charge in [-0.2, -0.15) is 22.6 Å². The van der Waals surface area contributed by atoms with Gasteiger partial charge in [0, 0.05) is 25.3 Å². The number of hydrogen-bond donors (Lipinski definition) is 1. The molecule has 1 fully saturated rings. The monoisotopic (exact) mass is 376 g/mol. The summed E-state index contributed by atoms with van der Waals surface area (Å²) in [6, 6.07) is -0.000565. The van der Waals surface area contributed by atoms with Crippen molar-refractivity contribution in [3.63, 3.8) is 0 Å². The van der Waals surface area contributed by atoms with Gasteiger partial charge in [0.05, 0.1) is 6.20 Å². The summed E-state index contributed by atoms with van der Waals surface area (Å²) < 4.78 is 63.5. The molecule has 0 bridgehead atoms. The molecule has 0 aromatic carbocycles. The van der Waals surface area contributed by atoms with Crippen molar-refractivity contribution in [2.45, 2.75) is 43.4 Å². The molecular formula is C12H20ClF3N4O2S. The highest BCUT2D eigenvalue weighted by Crippen LogP contribution is 2.25. The number of nitrogens with two attached hydrogens (primary N) is 1. The van der Waals surface area contributed by atoms with Crippen LogP contribution < -0.4 is 5.73 Å². The van der Waals surface area contributed by atoms with Crippen molar-refractivity contribution in [1.29, 1.82) is 0 Å². The topological polar surface area (TPSA) is 81.2 Å². The number of rotatable bonds is 4. The third kappa shape index (κ3) is 5.07. The minimum absolute atomic E-state index is 0. The Hall–Kier alpha value is -0.840. The highest BCUT2D eigenvalue weighted by atomic mass is 35.5. The van der Waals surface area contributed by atoms with Gasteiger partial charge in [0.1, 0.15) is 11.4 Å². The van der Waals surface area contributed by atoms with E-state index in [0.29, 0.717) is 30.6 Å². The maximum Gasteiger partial charge on any atom is 0.408 e. The van der Waals surface area contributed by atoms with Crippen LogP contribution in [0.3, 0.4) is 0 Å². The summed E-state index contributed by atoms with van der Waals surface area (Å²) in [4.78, 5) is -0.212. The first kappa shape index (κ1) is 20.2. The fourth-order valence-electron chi connectivity index (χ4n) is 2.54. The summed E-state index contributed by atoms with van der Waals surface area (Å²) in [5, 5.41) is 3.48. The largest absolute Gasteiger partial charge is 0.408 e. The normalized spacial score (nSPS) is 19.3. The Kier molecular flexibility index (Phi) is 6.47. The van der Waals surface area contributed by atoms with E-state index in [2.05, 4.69) is 5.10 Å². The second-order valence-corrected chi connectivity index (χ2v) is 7.53. The predicted molar refractivity (Wildman–Crippen MR) is 80.7 cm³/mol. The summed E-state index contributed by atoms with van der Waals surface area (Å²) in [6.45, 7) is 1.21. The van der Waals surface area contributed by atoms with Crippen LogP contribution in [0.15, 0.2) is 17.3 Å². The predicted octanol–water partition coefficient (Wildman–Crippen LogP) is 1.62. The molecule has 1 aliphatic heterocycles. The lowest BCUT2D eigenvalue weighted by Gasteiger charge is -2.32. The molecule has 1 unspecified atom stereocenters. The Balaban J connectivity index is 0.00000264. The lowest BCUT2D eigenvalue weighted by molar-refractivity contribution is -0.142. The molecule has 0 saturated carbocycles. The minimum atomic E-state index is -4.44. The van der Waals surface area contributed by atoms with Crippen molar-refractivity contribution >= 4 is 22.4 Å². The number of halogens is 4. The summed E-state index contributed by atoms with van der Waals surface area (Å²) >= 11 is 0. The van der Waals surface area contributed by atoms with Crippen LogP contribution in [-0.4, -0.2) is 47.8 Å². The van der Waals surface area contributed by atoms with E-state index in [4.69, 9.17) is 5.73 Å². The fourth-order valence-corrected chi connectivity index (χ4v) is 3.96. The first-order valence-corrected chi connectivity index (χ1v) is 8.38. The van der Waals surface area contributed by atoms with Gasteiger partial charge in [-0.15, -0.1) is 12.4 Å². The van der Waals surface area contributed by atoms with Crippen LogP contribution in [0.5, 0.6) is 0 Å². The molecule has 134 valence electrons. The maximum absolute atomic E-state index is 12.4. The first-order valence-electron chi connectivity index (χ1n) is 6.94. The van der Waals surface area contributed by atoms with Crippen molar-refractivity contribution < 1.29 is 21.6 Å². The molecule has 1 aromatic rings. The van der Waals surface area contributed by atoms with E-state index in [1.807, 2.05) is 6.92 Å². The van der Waals surface area contributed by atoms with Crippen molar-refractivity contribution in [2.75, 3.05) is 13.1 Å². The van der Waals surface area contributed by atoms with E-state index in [0.717, 1.165) is 12.4 Å². The molecule has 0 aliphatic carbocycles. The number of piperidine rings is 1. The molecule has 0 amide bonds. The molecule has 11 heteroatoms. The Morgan fingerprint density at radius 1 is 1.39 bits per heavy atom. The smallest absolute Gasteiger partial charge is 0.328 e. The molecule has 1 saturated heterocycles. The van der Waals surface area contributed by atoms with Gasteiger partial charge in [0.2, 0.25) is 10.0 Å². The van der Waals surface area contributed by atoms with E-state index >= 15 is 0 Å². The summed E-state index contributed by atoms with van der Waals surface area (Å²) in [5.41, 5.74) is 5.81. The SMILES string of the molecule is CC(N)C1CCN(S(=O)(=O)c2cnn(CC(F)(F)F)c2)CC1.Cl. The van der Waals surface area contributed by atoms with Gasteiger partial charge < -0.3 is 5.73 Å². The van der Waals surface area contributed by atoms with Gasteiger partial charge in [-0.25, -0.2) is 8.42 Å². The second kappa shape index (κ2) is 7.37. The number of aromatic nitrogens is 2. The van der Waals surface area contributed by atoms with Crippen LogP contribution in [0.4, 0.5) is 13.2 Å². The lowest BCUT2D eigenvalue weighted by atomic mass is 9.92. The van der Waals surface area contributed by atoms with Gasteiger partial charge in [-0.3, -0.25) is 4.68 Å². The van der Waals surface area contributed by atoms with E-state index < -0.39 is 22.7 Å².